The third-order valence-corrected chi connectivity index (χ3v) is 4.11. The molecule has 0 aliphatic rings. The second kappa shape index (κ2) is 13.8. The van der Waals surface area contributed by atoms with E-state index in [1.807, 2.05) is 12.1 Å². The monoisotopic (exact) mass is 535 g/mol. The van der Waals surface area contributed by atoms with Gasteiger partial charge in [-0.3, -0.25) is 4.99 Å². The largest absolute Gasteiger partial charge is 0.508 e. The lowest BCUT2D eigenvalue weighted by molar-refractivity contribution is -0.0520. The molecular weight excluding hydrogens is 507 g/mol. The Bertz CT molecular complexity index is 790. The molecule has 6 nitrogen and oxygen atoms in total. The van der Waals surface area contributed by atoms with Crippen molar-refractivity contribution in [2.45, 2.75) is 32.9 Å². The first-order valence-electron chi connectivity index (χ1n) is 9.45. The average molecular weight is 535 g/mol. The Kier molecular flexibility index (Phi) is 11.9. The zero-order valence-electron chi connectivity index (χ0n) is 17.0. The fourth-order valence-electron chi connectivity index (χ4n) is 2.75. The number of hydrogen-bond donors (Lipinski definition) is 3. The van der Waals surface area contributed by atoms with Crippen LogP contribution in [-0.2, 0) is 13.0 Å². The fraction of sp³-hybridized carbons (Fsp3) is 0.381. The van der Waals surface area contributed by atoms with Crippen LogP contribution in [0, 0.1) is 0 Å². The lowest BCUT2D eigenvalue weighted by Gasteiger charge is -2.17. The molecule has 0 saturated heterocycles. The van der Waals surface area contributed by atoms with Crippen LogP contribution in [0.15, 0.2) is 47.5 Å². The van der Waals surface area contributed by atoms with Crippen LogP contribution in [-0.4, -0.2) is 37.9 Å². The minimum absolute atomic E-state index is 0. The van der Waals surface area contributed by atoms with Crippen molar-refractivity contribution >= 4 is 29.9 Å². The van der Waals surface area contributed by atoms with E-state index in [1.165, 1.54) is 0 Å². The smallest absolute Gasteiger partial charge is 0.387 e. The van der Waals surface area contributed by atoms with Crippen LogP contribution < -0.4 is 20.1 Å². The Balaban J connectivity index is 0.00000450. The van der Waals surface area contributed by atoms with Gasteiger partial charge >= 0.3 is 6.61 Å². The lowest BCUT2D eigenvalue weighted by atomic mass is 10.1. The highest BCUT2D eigenvalue weighted by Gasteiger charge is 2.16. The van der Waals surface area contributed by atoms with Gasteiger partial charge in [0.15, 0.2) is 17.5 Å². The second-order valence-corrected chi connectivity index (χ2v) is 6.18. The molecule has 0 fully saturated rings. The van der Waals surface area contributed by atoms with E-state index in [-0.39, 0.29) is 47.8 Å². The number of phenols is 1. The second-order valence-electron chi connectivity index (χ2n) is 6.18. The molecule has 2 rings (SSSR count). The molecule has 0 atom stereocenters. The van der Waals surface area contributed by atoms with Crippen molar-refractivity contribution in [1.29, 1.82) is 0 Å². The van der Waals surface area contributed by atoms with Gasteiger partial charge in [-0.05, 0) is 43.5 Å². The number of phenolic OH excluding ortho intramolecular Hbond substituents is 1. The number of benzene rings is 2. The number of guanidine groups is 1. The predicted molar refractivity (Wildman–Crippen MR) is 124 cm³/mol. The van der Waals surface area contributed by atoms with Crippen LogP contribution in [0.2, 0.25) is 0 Å². The van der Waals surface area contributed by atoms with E-state index in [0.717, 1.165) is 18.4 Å². The zero-order chi connectivity index (χ0) is 21.1. The number of aromatic hydroxyl groups is 1. The summed E-state index contributed by atoms with van der Waals surface area (Å²) in [6, 6.07) is 12.1. The maximum atomic E-state index is 12.8. The van der Waals surface area contributed by atoms with Crippen molar-refractivity contribution < 1.29 is 23.4 Å². The summed E-state index contributed by atoms with van der Waals surface area (Å²) < 4.78 is 35.7. The summed E-state index contributed by atoms with van der Waals surface area (Å²) in [5, 5.41) is 15.6. The van der Waals surface area contributed by atoms with Gasteiger partial charge in [-0.2, -0.15) is 8.78 Å². The summed E-state index contributed by atoms with van der Waals surface area (Å²) in [5.41, 5.74) is 1.68. The minimum atomic E-state index is -2.94. The third kappa shape index (κ3) is 8.60. The molecule has 0 aliphatic heterocycles. The zero-order valence-corrected chi connectivity index (χ0v) is 19.4. The number of hydrogen-bond acceptors (Lipinski definition) is 4. The Morgan fingerprint density at radius 1 is 1.13 bits per heavy atom. The first kappa shape index (κ1) is 25.7. The van der Waals surface area contributed by atoms with Gasteiger partial charge in [0.1, 0.15) is 5.75 Å². The first-order valence-corrected chi connectivity index (χ1v) is 9.45. The summed E-state index contributed by atoms with van der Waals surface area (Å²) in [5.74, 6) is 1.11. The highest BCUT2D eigenvalue weighted by atomic mass is 127. The van der Waals surface area contributed by atoms with Gasteiger partial charge in [-0.25, -0.2) is 0 Å². The molecule has 0 radical (unpaired) electrons. The Morgan fingerprint density at radius 3 is 2.50 bits per heavy atom. The Morgan fingerprint density at radius 2 is 1.87 bits per heavy atom. The van der Waals surface area contributed by atoms with Gasteiger partial charge in [-0.1, -0.05) is 24.3 Å². The molecule has 3 N–H and O–H groups in total. The van der Waals surface area contributed by atoms with E-state index < -0.39 is 6.61 Å². The molecule has 0 saturated carbocycles. The van der Waals surface area contributed by atoms with Crippen molar-refractivity contribution in [3.05, 3.63) is 53.6 Å². The van der Waals surface area contributed by atoms with Crippen LogP contribution >= 0.6 is 24.0 Å². The van der Waals surface area contributed by atoms with E-state index in [2.05, 4.69) is 20.4 Å². The molecule has 0 aliphatic carbocycles. The number of nitrogens with one attached hydrogen (secondary N) is 2. The third-order valence-electron chi connectivity index (χ3n) is 4.11. The molecule has 9 heteroatoms. The Hall–Kier alpha value is -2.30. The van der Waals surface area contributed by atoms with Crippen molar-refractivity contribution in [1.82, 2.24) is 10.6 Å². The van der Waals surface area contributed by atoms with E-state index in [1.54, 1.807) is 44.3 Å². The highest BCUT2D eigenvalue weighted by Crippen LogP contribution is 2.32. The summed E-state index contributed by atoms with van der Waals surface area (Å²) in [6.07, 6.45) is 1.72. The molecule has 0 aromatic heterocycles. The van der Waals surface area contributed by atoms with Gasteiger partial charge in [0, 0.05) is 25.7 Å². The molecule has 2 aromatic rings. The van der Waals surface area contributed by atoms with E-state index in [0.29, 0.717) is 24.7 Å². The van der Waals surface area contributed by atoms with Crippen molar-refractivity contribution in [3.63, 3.8) is 0 Å². The maximum absolute atomic E-state index is 12.8. The SMILES string of the molecule is CCOc1cccc(CNC(=NC)NCCCc2ccc(O)cc2)c1OC(F)F.I. The van der Waals surface area contributed by atoms with Crippen LogP contribution in [0.5, 0.6) is 17.2 Å². The Labute approximate surface area is 192 Å². The number of para-hydroxylation sites is 1. The summed E-state index contributed by atoms with van der Waals surface area (Å²) in [6.45, 7) is 0.120. The standard InChI is InChI=1S/C21H27F2N3O3.HI/c1-3-28-18-8-4-7-16(19(18)29-20(22)23)14-26-21(24-2)25-13-5-6-15-9-11-17(27)12-10-15;/h4,7-12,20,27H,3,5-6,13-14H2,1-2H3,(H2,24,25,26);1H. The molecule has 0 bridgehead atoms. The first-order chi connectivity index (χ1) is 14.0. The molecule has 0 spiro atoms. The molecule has 0 amide bonds. The van der Waals surface area contributed by atoms with Crippen molar-refractivity contribution in [2.75, 3.05) is 20.2 Å². The van der Waals surface area contributed by atoms with Gasteiger partial charge in [0.05, 0.1) is 6.61 Å². The molecular formula is C21H28F2IN3O3. The number of nitrogens with zero attached hydrogens (tertiary/aromatic N) is 1. The lowest BCUT2D eigenvalue weighted by Crippen LogP contribution is -2.37. The normalized spacial score (nSPS) is 11.0. The van der Waals surface area contributed by atoms with Crippen LogP contribution in [0.4, 0.5) is 8.78 Å². The van der Waals surface area contributed by atoms with Gasteiger partial charge < -0.3 is 25.2 Å². The topological polar surface area (TPSA) is 75.1 Å². The number of aryl methyl sites for hydroxylation is 1. The molecule has 30 heavy (non-hydrogen) atoms. The molecule has 2 aromatic carbocycles. The van der Waals surface area contributed by atoms with E-state index in [9.17, 15) is 13.9 Å². The quantitative estimate of drug-likeness (QED) is 0.183. The van der Waals surface area contributed by atoms with Gasteiger partial charge in [-0.15, -0.1) is 24.0 Å². The predicted octanol–water partition coefficient (Wildman–Crippen LogP) is 4.31. The number of rotatable bonds is 10. The minimum Gasteiger partial charge on any atom is -0.508 e. The number of ether oxygens (including phenoxy) is 2. The number of alkyl halides is 2. The van der Waals surface area contributed by atoms with Gasteiger partial charge in [0.2, 0.25) is 0 Å². The van der Waals surface area contributed by atoms with E-state index in [4.69, 9.17) is 4.74 Å². The van der Waals surface area contributed by atoms with Crippen LogP contribution in [0.1, 0.15) is 24.5 Å². The number of halogens is 3. The van der Waals surface area contributed by atoms with Crippen molar-refractivity contribution in [3.8, 4) is 17.2 Å². The van der Waals surface area contributed by atoms with Crippen LogP contribution in [0.25, 0.3) is 0 Å². The van der Waals surface area contributed by atoms with Crippen LogP contribution in [0.3, 0.4) is 0 Å². The summed E-state index contributed by atoms with van der Waals surface area (Å²) >= 11 is 0. The van der Waals surface area contributed by atoms with Crippen molar-refractivity contribution in [2.24, 2.45) is 4.99 Å². The summed E-state index contributed by atoms with van der Waals surface area (Å²) in [7, 11) is 1.64. The van der Waals surface area contributed by atoms with Gasteiger partial charge in [0.25, 0.3) is 0 Å². The highest BCUT2D eigenvalue weighted by molar-refractivity contribution is 14.0. The molecule has 0 heterocycles. The fourth-order valence-corrected chi connectivity index (χ4v) is 2.75. The molecule has 166 valence electrons. The van der Waals surface area contributed by atoms with E-state index >= 15 is 0 Å². The average Bonchev–Trinajstić information content (AvgIpc) is 2.70. The number of aliphatic imine (C=N–C) groups is 1. The molecule has 0 unspecified atom stereocenters. The maximum Gasteiger partial charge on any atom is 0.387 e. The summed E-state index contributed by atoms with van der Waals surface area (Å²) in [4.78, 5) is 4.15.